The lowest BCUT2D eigenvalue weighted by Gasteiger charge is -2.12. The number of aryl methyl sites for hydroxylation is 1. The van der Waals surface area contributed by atoms with Crippen molar-refractivity contribution in [2.24, 2.45) is 5.92 Å². The first kappa shape index (κ1) is 12.9. The topological polar surface area (TPSA) is 17.0 Å². The molecule has 1 heterocycles. The van der Waals surface area contributed by atoms with Gasteiger partial charge in [-0.05, 0) is 49.2 Å². The summed E-state index contributed by atoms with van der Waals surface area (Å²) in [7, 11) is 0. The molecular weight excluding hydrogens is 220 g/mol. The third-order valence-corrected chi connectivity index (χ3v) is 2.97. The monoisotopic (exact) mass is 242 g/mol. The smallest absolute Gasteiger partial charge is 0.0455 e. The molecule has 2 aromatic rings. The van der Waals surface area contributed by atoms with Crippen LogP contribution < -0.4 is 5.32 Å². The summed E-state index contributed by atoms with van der Waals surface area (Å²) in [5.41, 5.74) is 3.84. The maximum absolute atomic E-state index is 3.49. The standard InChI is InChI=1S/C16H22N2/c1-13(2)11-17-12-16-8-5-9-18(16)15-7-4-6-14(3)10-15/h4-10,13,17H,11-12H2,1-3H3. The number of benzene rings is 1. The molecule has 0 bridgehead atoms. The van der Waals surface area contributed by atoms with E-state index in [2.05, 4.69) is 73.3 Å². The van der Waals surface area contributed by atoms with Gasteiger partial charge in [-0.25, -0.2) is 0 Å². The Labute approximate surface area is 110 Å². The second kappa shape index (κ2) is 5.87. The molecule has 18 heavy (non-hydrogen) atoms. The number of aromatic nitrogens is 1. The van der Waals surface area contributed by atoms with Crippen molar-refractivity contribution in [3.05, 3.63) is 53.9 Å². The fraction of sp³-hybridized carbons (Fsp3) is 0.375. The Hall–Kier alpha value is -1.54. The number of nitrogens with one attached hydrogen (secondary N) is 1. The van der Waals surface area contributed by atoms with E-state index in [1.54, 1.807) is 0 Å². The number of hydrogen-bond donors (Lipinski definition) is 1. The van der Waals surface area contributed by atoms with E-state index in [0.717, 1.165) is 13.1 Å². The normalized spacial score (nSPS) is 11.1. The van der Waals surface area contributed by atoms with Gasteiger partial charge in [-0.3, -0.25) is 0 Å². The SMILES string of the molecule is Cc1cccc(-n2cccc2CNCC(C)C)c1. The van der Waals surface area contributed by atoms with Crippen LogP contribution in [0.15, 0.2) is 42.6 Å². The zero-order chi connectivity index (χ0) is 13.0. The third-order valence-electron chi connectivity index (χ3n) is 2.97. The van der Waals surface area contributed by atoms with E-state index in [1.807, 2.05) is 0 Å². The molecule has 2 nitrogen and oxygen atoms in total. The molecule has 0 atom stereocenters. The minimum Gasteiger partial charge on any atom is -0.320 e. The minimum atomic E-state index is 0.687. The van der Waals surface area contributed by atoms with Gasteiger partial charge < -0.3 is 9.88 Å². The summed E-state index contributed by atoms with van der Waals surface area (Å²) in [5.74, 6) is 0.687. The van der Waals surface area contributed by atoms with E-state index in [0.29, 0.717) is 5.92 Å². The number of hydrogen-bond acceptors (Lipinski definition) is 1. The first-order valence-electron chi connectivity index (χ1n) is 6.61. The molecule has 0 unspecified atom stereocenters. The summed E-state index contributed by atoms with van der Waals surface area (Å²) >= 11 is 0. The lowest BCUT2D eigenvalue weighted by atomic mass is 10.2. The average Bonchev–Trinajstić information content (AvgIpc) is 2.77. The molecule has 0 aliphatic heterocycles. The minimum absolute atomic E-state index is 0.687. The molecule has 0 aliphatic carbocycles. The largest absolute Gasteiger partial charge is 0.320 e. The molecule has 0 spiro atoms. The van der Waals surface area contributed by atoms with Gasteiger partial charge in [0.25, 0.3) is 0 Å². The van der Waals surface area contributed by atoms with Crippen molar-refractivity contribution in [3.63, 3.8) is 0 Å². The third kappa shape index (κ3) is 3.23. The van der Waals surface area contributed by atoms with Crippen LogP contribution >= 0.6 is 0 Å². The first-order valence-corrected chi connectivity index (χ1v) is 6.61. The molecule has 1 aromatic heterocycles. The van der Waals surface area contributed by atoms with E-state index in [-0.39, 0.29) is 0 Å². The number of rotatable bonds is 5. The zero-order valence-electron chi connectivity index (χ0n) is 11.5. The van der Waals surface area contributed by atoms with Crippen LogP contribution in [-0.2, 0) is 6.54 Å². The van der Waals surface area contributed by atoms with Crippen molar-refractivity contribution in [2.45, 2.75) is 27.3 Å². The van der Waals surface area contributed by atoms with Gasteiger partial charge in [0, 0.05) is 24.1 Å². The highest BCUT2D eigenvalue weighted by atomic mass is 15.0. The number of nitrogens with zero attached hydrogens (tertiary/aromatic N) is 1. The van der Waals surface area contributed by atoms with Gasteiger partial charge in [0.2, 0.25) is 0 Å². The fourth-order valence-corrected chi connectivity index (χ4v) is 2.08. The highest BCUT2D eigenvalue weighted by Crippen LogP contribution is 2.14. The van der Waals surface area contributed by atoms with Gasteiger partial charge in [-0.15, -0.1) is 0 Å². The molecule has 96 valence electrons. The maximum atomic E-state index is 3.49. The molecule has 1 N–H and O–H groups in total. The maximum Gasteiger partial charge on any atom is 0.0455 e. The molecule has 0 amide bonds. The van der Waals surface area contributed by atoms with E-state index in [9.17, 15) is 0 Å². The Kier molecular flexibility index (Phi) is 4.21. The van der Waals surface area contributed by atoms with Gasteiger partial charge >= 0.3 is 0 Å². The second-order valence-electron chi connectivity index (χ2n) is 5.23. The predicted octanol–water partition coefficient (Wildman–Crippen LogP) is 3.53. The van der Waals surface area contributed by atoms with E-state index >= 15 is 0 Å². The van der Waals surface area contributed by atoms with Crippen molar-refractivity contribution >= 4 is 0 Å². The molecule has 1 aromatic carbocycles. The highest BCUT2D eigenvalue weighted by molar-refractivity contribution is 5.37. The highest BCUT2D eigenvalue weighted by Gasteiger charge is 2.03. The summed E-state index contributed by atoms with van der Waals surface area (Å²) in [4.78, 5) is 0. The Bertz CT molecular complexity index is 497. The first-order chi connectivity index (χ1) is 8.66. The summed E-state index contributed by atoms with van der Waals surface area (Å²) < 4.78 is 2.25. The lowest BCUT2D eigenvalue weighted by molar-refractivity contribution is 0.545. The fourth-order valence-electron chi connectivity index (χ4n) is 2.08. The molecule has 0 saturated carbocycles. The van der Waals surface area contributed by atoms with Crippen LogP contribution in [0, 0.1) is 12.8 Å². The van der Waals surface area contributed by atoms with E-state index in [4.69, 9.17) is 0 Å². The molecular formula is C16H22N2. The molecule has 0 fully saturated rings. The lowest BCUT2D eigenvalue weighted by Crippen LogP contribution is -2.20. The van der Waals surface area contributed by atoms with E-state index < -0.39 is 0 Å². The van der Waals surface area contributed by atoms with Crippen LogP contribution in [0.25, 0.3) is 5.69 Å². The molecule has 0 radical (unpaired) electrons. The Morgan fingerprint density at radius 3 is 2.72 bits per heavy atom. The predicted molar refractivity (Wildman–Crippen MR) is 77.1 cm³/mol. The quantitative estimate of drug-likeness (QED) is 0.848. The van der Waals surface area contributed by atoms with Crippen molar-refractivity contribution in [1.82, 2.24) is 9.88 Å². The summed E-state index contributed by atoms with van der Waals surface area (Å²) in [6.45, 7) is 8.56. The second-order valence-corrected chi connectivity index (χ2v) is 5.23. The summed E-state index contributed by atoms with van der Waals surface area (Å²) in [5, 5.41) is 3.49. The van der Waals surface area contributed by atoms with Gasteiger partial charge in [0.1, 0.15) is 0 Å². The molecule has 0 saturated heterocycles. The van der Waals surface area contributed by atoms with E-state index in [1.165, 1.54) is 16.9 Å². The van der Waals surface area contributed by atoms with Crippen LogP contribution in [0.5, 0.6) is 0 Å². The van der Waals surface area contributed by atoms with Crippen LogP contribution in [0.1, 0.15) is 25.1 Å². The molecule has 2 heteroatoms. The van der Waals surface area contributed by atoms with Crippen molar-refractivity contribution < 1.29 is 0 Å². The van der Waals surface area contributed by atoms with Crippen molar-refractivity contribution in [3.8, 4) is 5.69 Å². The van der Waals surface area contributed by atoms with Gasteiger partial charge in [0.15, 0.2) is 0 Å². The Morgan fingerprint density at radius 1 is 1.17 bits per heavy atom. The van der Waals surface area contributed by atoms with Crippen LogP contribution in [0.2, 0.25) is 0 Å². The van der Waals surface area contributed by atoms with Gasteiger partial charge in [-0.1, -0.05) is 26.0 Å². The molecule has 0 aliphatic rings. The summed E-state index contributed by atoms with van der Waals surface area (Å²) in [6, 6.07) is 12.9. The van der Waals surface area contributed by atoms with Gasteiger partial charge in [-0.2, -0.15) is 0 Å². The Morgan fingerprint density at radius 2 is 2.00 bits per heavy atom. The zero-order valence-corrected chi connectivity index (χ0v) is 11.5. The Balaban J connectivity index is 2.12. The summed E-state index contributed by atoms with van der Waals surface area (Å²) in [6.07, 6.45) is 2.13. The average molecular weight is 242 g/mol. The van der Waals surface area contributed by atoms with Crippen LogP contribution in [0.3, 0.4) is 0 Å². The van der Waals surface area contributed by atoms with Gasteiger partial charge in [0.05, 0.1) is 0 Å². The van der Waals surface area contributed by atoms with Crippen molar-refractivity contribution in [2.75, 3.05) is 6.54 Å². The molecule has 2 rings (SSSR count). The van der Waals surface area contributed by atoms with Crippen LogP contribution in [-0.4, -0.2) is 11.1 Å². The van der Waals surface area contributed by atoms with Crippen LogP contribution in [0.4, 0.5) is 0 Å². The van der Waals surface area contributed by atoms with Crippen molar-refractivity contribution in [1.29, 1.82) is 0 Å².